The van der Waals surface area contributed by atoms with Crippen LogP contribution in [0.5, 0.6) is 11.5 Å². The van der Waals surface area contributed by atoms with E-state index in [2.05, 4.69) is 15.9 Å². The Hall–Kier alpha value is -1.27. The zero-order chi connectivity index (χ0) is 16.7. The third-order valence-corrected chi connectivity index (χ3v) is 4.18. The number of hydrogen-bond acceptors (Lipinski definition) is 5. The SMILES string of the molecule is CCOC(=O)CN(Cc1ccc(OC)c(OC)c1Br)C(C)C. The monoisotopic (exact) mass is 373 g/mol. The molecule has 0 saturated carbocycles. The zero-order valence-electron chi connectivity index (χ0n) is 13.8. The summed E-state index contributed by atoms with van der Waals surface area (Å²) in [5, 5.41) is 0. The molecule has 22 heavy (non-hydrogen) atoms. The minimum Gasteiger partial charge on any atom is -0.493 e. The standard InChI is InChI=1S/C16H24BrNO4/c1-6-22-14(19)10-18(11(2)3)9-12-7-8-13(20-4)16(21-5)15(12)17/h7-8,11H,6,9-10H2,1-5H3. The average Bonchev–Trinajstić information content (AvgIpc) is 2.48. The van der Waals surface area contributed by atoms with E-state index >= 15 is 0 Å². The van der Waals surface area contributed by atoms with Crippen molar-refractivity contribution in [2.75, 3.05) is 27.4 Å². The van der Waals surface area contributed by atoms with Crippen molar-refractivity contribution in [2.45, 2.75) is 33.4 Å². The Balaban J connectivity index is 2.96. The molecule has 0 aliphatic heterocycles. The van der Waals surface area contributed by atoms with Crippen molar-refractivity contribution in [3.63, 3.8) is 0 Å². The molecule has 124 valence electrons. The van der Waals surface area contributed by atoms with Crippen molar-refractivity contribution >= 4 is 21.9 Å². The van der Waals surface area contributed by atoms with Crippen molar-refractivity contribution in [1.82, 2.24) is 4.90 Å². The van der Waals surface area contributed by atoms with Crippen molar-refractivity contribution in [3.05, 3.63) is 22.2 Å². The summed E-state index contributed by atoms with van der Waals surface area (Å²) in [6.07, 6.45) is 0. The van der Waals surface area contributed by atoms with E-state index in [9.17, 15) is 4.79 Å². The van der Waals surface area contributed by atoms with E-state index in [1.165, 1.54) is 0 Å². The maximum atomic E-state index is 11.7. The molecule has 0 atom stereocenters. The van der Waals surface area contributed by atoms with E-state index in [1.54, 1.807) is 14.2 Å². The summed E-state index contributed by atoms with van der Waals surface area (Å²) in [5.74, 6) is 1.10. The highest BCUT2D eigenvalue weighted by Crippen LogP contribution is 2.38. The van der Waals surface area contributed by atoms with Crippen molar-refractivity contribution in [1.29, 1.82) is 0 Å². The van der Waals surface area contributed by atoms with Gasteiger partial charge in [0, 0.05) is 12.6 Å². The van der Waals surface area contributed by atoms with Crippen LogP contribution >= 0.6 is 15.9 Å². The first-order valence-corrected chi connectivity index (χ1v) is 8.02. The van der Waals surface area contributed by atoms with Gasteiger partial charge < -0.3 is 14.2 Å². The number of rotatable bonds is 8. The Morgan fingerprint density at radius 3 is 2.45 bits per heavy atom. The van der Waals surface area contributed by atoms with Crippen LogP contribution < -0.4 is 9.47 Å². The third kappa shape index (κ3) is 4.88. The molecule has 0 radical (unpaired) electrons. The van der Waals surface area contributed by atoms with Crippen LogP contribution in [0.2, 0.25) is 0 Å². The second-order valence-electron chi connectivity index (χ2n) is 5.08. The predicted octanol–water partition coefficient (Wildman–Crippen LogP) is 3.24. The molecule has 0 fully saturated rings. The van der Waals surface area contributed by atoms with Crippen LogP contribution in [-0.4, -0.2) is 44.3 Å². The molecule has 5 nitrogen and oxygen atoms in total. The van der Waals surface area contributed by atoms with Gasteiger partial charge in [0.15, 0.2) is 11.5 Å². The van der Waals surface area contributed by atoms with Crippen molar-refractivity contribution in [3.8, 4) is 11.5 Å². The van der Waals surface area contributed by atoms with Gasteiger partial charge in [0.1, 0.15) is 0 Å². The number of carbonyl (C=O) groups excluding carboxylic acids is 1. The molecule has 0 aliphatic carbocycles. The molecule has 0 heterocycles. The van der Waals surface area contributed by atoms with Gasteiger partial charge in [-0.05, 0) is 48.3 Å². The maximum Gasteiger partial charge on any atom is 0.320 e. The van der Waals surface area contributed by atoms with Gasteiger partial charge in [-0.1, -0.05) is 6.07 Å². The third-order valence-electron chi connectivity index (χ3n) is 3.31. The van der Waals surface area contributed by atoms with E-state index < -0.39 is 0 Å². The number of halogens is 1. The molecule has 0 spiro atoms. The van der Waals surface area contributed by atoms with Gasteiger partial charge in [0.2, 0.25) is 0 Å². The molecule has 0 saturated heterocycles. The van der Waals surface area contributed by atoms with Crippen LogP contribution in [0.25, 0.3) is 0 Å². The molecule has 0 N–H and O–H groups in total. The Kier molecular flexibility index (Phi) is 7.68. The zero-order valence-corrected chi connectivity index (χ0v) is 15.4. The van der Waals surface area contributed by atoms with Crippen molar-refractivity contribution < 1.29 is 19.0 Å². The summed E-state index contributed by atoms with van der Waals surface area (Å²) >= 11 is 3.56. The first kappa shape index (κ1) is 18.8. The topological polar surface area (TPSA) is 48.0 Å². The molecule has 1 aromatic rings. The minimum absolute atomic E-state index is 0.212. The Bertz CT molecular complexity index is 505. The van der Waals surface area contributed by atoms with Crippen molar-refractivity contribution in [2.24, 2.45) is 0 Å². The maximum absolute atomic E-state index is 11.7. The summed E-state index contributed by atoms with van der Waals surface area (Å²) in [5.41, 5.74) is 1.02. The van der Waals surface area contributed by atoms with Crippen LogP contribution in [-0.2, 0) is 16.1 Å². The van der Waals surface area contributed by atoms with Gasteiger partial charge in [-0.3, -0.25) is 9.69 Å². The summed E-state index contributed by atoms with van der Waals surface area (Å²) in [6, 6.07) is 4.04. The molecule has 1 rings (SSSR count). The molecule has 0 unspecified atom stereocenters. The fourth-order valence-electron chi connectivity index (χ4n) is 2.06. The first-order chi connectivity index (χ1) is 10.4. The van der Waals surface area contributed by atoms with Crippen LogP contribution in [0, 0.1) is 0 Å². The quantitative estimate of drug-likeness (QED) is 0.654. The van der Waals surface area contributed by atoms with Gasteiger partial charge in [-0.15, -0.1) is 0 Å². The Labute approximate surface area is 140 Å². The molecule has 0 aliphatic rings. The molecule has 6 heteroatoms. The summed E-state index contributed by atoms with van der Waals surface area (Å²) in [4.78, 5) is 13.8. The lowest BCUT2D eigenvalue weighted by Crippen LogP contribution is -2.36. The Morgan fingerprint density at radius 2 is 1.95 bits per heavy atom. The van der Waals surface area contributed by atoms with E-state index in [0.717, 1.165) is 10.0 Å². The predicted molar refractivity (Wildman–Crippen MR) is 89.4 cm³/mol. The fraction of sp³-hybridized carbons (Fsp3) is 0.562. The average molecular weight is 374 g/mol. The number of hydrogen-bond donors (Lipinski definition) is 0. The van der Waals surface area contributed by atoms with E-state index in [1.807, 2.05) is 37.8 Å². The molecular formula is C16H24BrNO4. The van der Waals surface area contributed by atoms with E-state index in [4.69, 9.17) is 14.2 Å². The van der Waals surface area contributed by atoms with Crippen LogP contribution in [0.1, 0.15) is 26.3 Å². The highest BCUT2D eigenvalue weighted by molar-refractivity contribution is 9.10. The second-order valence-corrected chi connectivity index (χ2v) is 5.87. The van der Waals surface area contributed by atoms with Crippen LogP contribution in [0.3, 0.4) is 0 Å². The van der Waals surface area contributed by atoms with E-state index in [0.29, 0.717) is 24.7 Å². The highest BCUT2D eigenvalue weighted by atomic mass is 79.9. The highest BCUT2D eigenvalue weighted by Gasteiger charge is 2.19. The second kappa shape index (κ2) is 9.00. The van der Waals surface area contributed by atoms with Gasteiger partial charge in [-0.2, -0.15) is 0 Å². The van der Waals surface area contributed by atoms with Gasteiger partial charge in [0.05, 0.1) is 31.8 Å². The van der Waals surface area contributed by atoms with Gasteiger partial charge >= 0.3 is 5.97 Å². The fourth-order valence-corrected chi connectivity index (χ4v) is 2.68. The molecule has 1 aromatic carbocycles. The number of benzene rings is 1. The van der Waals surface area contributed by atoms with Gasteiger partial charge in [-0.25, -0.2) is 0 Å². The normalized spacial score (nSPS) is 10.9. The summed E-state index contributed by atoms with van der Waals surface area (Å²) < 4.78 is 16.5. The summed E-state index contributed by atoms with van der Waals surface area (Å²) in [7, 11) is 3.20. The lowest BCUT2D eigenvalue weighted by molar-refractivity contribution is -0.145. The molecule has 0 bridgehead atoms. The lowest BCUT2D eigenvalue weighted by Gasteiger charge is -2.26. The minimum atomic E-state index is -0.215. The largest absolute Gasteiger partial charge is 0.493 e. The number of methoxy groups -OCH3 is 2. The Morgan fingerprint density at radius 1 is 1.27 bits per heavy atom. The molecule has 0 amide bonds. The molecular weight excluding hydrogens is 350 g/mol. The van der Waals surface area contributed by atoms with Crippen LogP contribution in [0.4, 0.5) is 0 Å². The van der Waals surface area contributed by atoms with Gasteiger partial charge in [0.25, 0.3) is 0 Å². The number of ether oxygens (including phenoxy) is 3. The first-order valence-electron chi connectivity index (χ1n) is 7.23. The summed E-state index contributed by atoms with van der Waals surface area (Å²) in [6.45, 7) is 7.17. The lowest BCUT2D eigenvalue weighted by atomic mass is 10.1. The smallest absolute Gasteiger partial charge is 0.320 e. The number of carbonyl (C=O) groups is 1. The number of esters is 1. The number of nitrogens with zero attached hydrogens (tertiary/aromatic N) is 1. The molecule has 0 aromatic heterocycles. The van der Waals surface area contributed by atoms with E-state index in [-0.39, 0.29) is 18.6 Å². The van der Waals surface area contributed by atoms with Crippen LogP contribution in [0.15, 0.2) is 16.6 Å².